The first-order chi connectivity index (χ1) is 7.13. The van der Waals surface area contributed by atoms with E-state index in [0.717, 1.165) is 24.0 Å². The largest absolute Gasteiger partial charge is 0.271 e. The van der Waals surface area contributed by atoms with Crippen molar-refractivity contribution in [1.82, 2.24) is 5.43 Å². The standard InChI is InChI=1S/C10H14N2O2S/c11-12-7-8-3-4-10-9(6-8)2-1-5-15(10,13)14/h3-4,6,12H,1-2,5,7,11H2. The molecule has 4 nitrogen and oxygen atoms in total. The fraction of sp³-hybridized carbons (Fsp3) is 0.400. The highest BCUT2D eigenvalue weighted by atomic mass is 32.2. The Kier molecular flexibility index (Phi) is 2.77. The Balaban J connectivity index is 2.45. The summed E-state index contributed by atoms with van der Waals surface area (Å²) in [5.74, 6) is 5.49. The number of hydrogen-bond donors (Lipinski definition) is 2. The highest BCUT2D eigenvalue weighted by Gasteiger charge is 2.23. The highest BCUT2D eigenvalue weighted by molar-refractivity contribution is 7.91. The lowest BCUT2D eigenvalue weighted by Gasteiger charge is -2.16. The van der Waals surface area contributed by atoms with Crippen LogP contribution in [0.2, 0.25) is 0 Å². The lowest BCUT2D eigenvalue weighted by atomic mass is 10.1. The molecule has 15 heavy (non-hydrogen) atoms. The quantitative estimate of drug-likeness (QED) is 0.564. The van der Waals surface area contributed by atoms with Crippen LogP contribution in [0, 0.1) is 0 Å². The first kappa shape index (κ1) is 10.6. The third-order valence-electron chi connectivity index (χ3n) is 2.63. The highest BCUT2D eigenvalue weighted by Crippen LogP contribution is 2.25. The van der Waals surface area contributed by atoms with Gasteiger partial charge >= 0.3 is 0 Å². The molecule has 82 valence electrons. The number of benzene rings is 1. The Labute approximate surface area is 89.4 Å². The van der Waals surface area contributed by atoms with E-state index in [0.29, 0.717) is 11.4 Å². The summed E-state index contributed by atoms with van der Waals surface area (Å²) in [5.41, 5.74) is 4.51. The number of sulfone groups is 1. The van der Waals surface area contributed by atoms with Gasteiger partial charge in [0.15, 0.2) is 9.84 Å². The molecule has 3 N–H and O–H groups in total. The van der Waals surface area contributed by atoms with Gasteiger partial charge in [0.25, 0.3) is 0 Å². The molecule has 0 spiro atoms. The van der Waals surface area contributed by atoms with Crippen LogP contribution >= 0.6 is 0 Å². The average molecular weight is 226 g/mol. The molecule has 1 aliphatic rings. The number of hydrazine groups is 1. The minimum absolute atomic E-state index is 0.272. The molecule has 0 amide bonds. The Morgan fingerprint density at radius 2 is 2.20 bits per heavy atom. The molecule has 0 aromatic heterocycles. The van der Waals surface area contributed by atoms with Crippen molar-refractivity contribution in [1.29, 1.82) is 0 Å². The number of hydrogen-bond acceptors (Lipinski definition) is 4. The summed E-state index contributed by atoms with van der Waals surface area (Å²) in [7, 11) is -3.03. The lowest BCUT2D eigenvalue weighted by Crippen LogP contribution is -2.22. The monoisotopic (exact) mass is 226 g/mol. The third-order valence-corrected chi connectivity index (χ3v) is 4.52. The third kappa shape index (κ3) is 2.04. The summed E-state index contributed by atoms with van der Waals surface area (Å²) in [4.78, 5) is 0.495. The number of nitrogens with one attached hydrogen (secondary N) is 1. The van der Waals surface area contributed by atoms with Crippen LogP contribution in [0.25, 0.3) is 0 Å². The second kappa shape index (κ2) is 3.92. The molecule has 0 aliphatic carbocycles. The maximum Gasteiger partial charge on any atom is 0.178 e. The van der Waals surface area contributed by atoms with Crippen molar-refractivity contribution >= 4 is 9.84 Å². The second-order valence-electron chi connectivity index (χ2n) is 3.75. The van der Waals surface area contributed by atoms with Crippen molar-refractivity contribution in [2.24, 2.45) is 5.84 Å². The van der Waals surface area contributed by atoms with Crippen LogP contribution in [0.4, 0.5) is 0 Å². The van der Waals surface area contributed by atoms with Gasteiger partial charge in [0.1, 0.15) is 0 Å². The summed E-state index contributed by atoms with van der Waals surface area (Å²) in [5, 5.41) is 0. The molecular formula is C10H14N2O2S. The molecule has 1 aromatic carbocycles. The molecule has 0 unspecified atom stereocenters. The zero-order valence-corrected chi connectivity index (χ0v) is 9.18. The van der Waals surface area contributed by atoms with Gasteiger partial charge in [-0.2, -0.15) is 0 Å². The van der Waals surface area contributed by atoms with E-state index in [1.807, 2.05) is 12.1 Å². The van der Waals surface area contributed by atoms with Crippen molar-refractivity contribution in [2.75, 3.05) is 5.75 Å². The zero-order chi connectivity index (χ0) is 10.9. The average Bonchev–Trinajstić information content (AvgIpc) is 2.17. The number of rotatable bonds is 2. The van der Waals surface area contributed by atoms with E-state index < -0.39 is 9.84 Å². The fourth-order valence-electron chi connectivity index (χ4n) is 1.92. The molecule has 2 rings (SSSR count). The van der Waals surface area contributed by atoms with Gasteiger partial charge in [0.05, 0.1) is 10.6 Å². The molecule has 1 aliphatic heterocycles. The first-order valence-electron chi connectivity index (χ1n) is 4.91. The summed E-state index contributed by atoms with van der Waals surface area (Å²) in [6.07, 6.45) is 1.56. The van der Waals surface area contributed by atoms with Crippen LogP contribution in [-0.2, 0) is 22.8 Å². The van der Waals surface area contributed by atoms with Gasteiger partial charge in [-0.05, 0) is 30.0 Å². The van der Waals surface area contributed by atoms with E-state index in [2.05, 4.69) is 5.43 Å². The molecule has 1 heterocycles. The minimum atomic E-state index is -3.03. The van der Waals surface area contributed by atoms with Crippen LogP contribution in [0.5, 0.6) is 0 Å². The van der Waals surface area contributed by atoms with Crippen LogP contribution < -0.4 is 11.3 Å². The van der Waals surface area contributed by atoms with Crippen molar-refractivity contribution in [3.05, 3.63) is 29.3 Å². The fourth-order valence-corrected chi connectivity index (χ4v) is 3.50. The lowest BCUT2D eigenvalue weighted by molar-refractivity contribution is 0.586. The van der Waals surface area contributed by atoms with Gasteiger partial charge in [-0.3, -0.25) is 11.3 Å². The SMILES string of the molecule is NNCc1ccc2c(c1)CCCS2(=O)=O. The van der Waals surface area contributed by atoms with Crippen LogP contribution in [0.1, 0.15) is 17.5 Å². The molecule has 0 atom stereocenters. The van der Waals surface area contributed by atoms with E-state index in [1.54, 1.807) is 6.07 Å². The molecular weight excluding hydrogens is 212 g/mol. The maximum absolute atomic E-state index is 11.7. The van der Waals surface area contributed by atoms with Gasteiger partial charge in [0.2, 0.25) is 0 Å². The maximum atomic E-state index is 11.7. The van der Waals surface area contributed by atoms with Gasteiger partial charge < -0.3 is 0 Å². The smallest absolute Gasteiger partial charge is 0.178 e. The predicted molar refractivity (Wildman–Crippen MR) is 57.8 cm³/mol. The normalized spacial score (nSPS) is 18.5. The molecule has 0 bridgehead atoms. The summed E-state index contributed by atoms with van der Waals surface area (Å²) in [6, 6.07) is 5.42. The Hall–Kier alpha value is -0.910. The topological polar surface area (TPSA) is 72.2 Å². The van der Waals surface area contributed by atoms with E-state index in [9.17, 15) is 8.42 Å². The number of nitrogens with two attached hydrogens (primary N) is 1. The van der Waals surface area contributed by atoms with Gasteiger partial charge in [0, 0.05) is 6.54 Å². The molecule has 5 heteroatoms. The molecule has 1 aromatic rings. The summed E-state index contributed by atoms with van der Waals surface area (Å²) < 4.78 is 23.4. The van der Waals surface area contributed by atoms with Crippen molar-refractivity contribution < 1.29 is 8.42 Å². The number of fused-ring (bicyclic) bond motifs is 1. The van der Waals surface area contributed by atoms with Gasteiger partial charge in [-0.25, -0.2) is 8.42 Å². The van der Waals surface area contributed by atoms with Crippen molar-refractivity contribution in [3.63, 3.8) is 0 Å². The van der Waals surface area contributed by atoms with Gasteiger partial charge in [-0.1, -0.05) is 12.1 Å². The Morgan fingerprint density at radius 3 is 2.93 bits per heavy atom. The summed E-state index contributed by atoms with van der Waals surface area (Å²) >= 11 is 0. The van der Waals surface area contributed by atoms with E-state index in [4.69, 9.17) is 5.84 Å². The van der Waals surface area contributed by atoms with Crippen molar-refractivity contribution in [2.45, 2.75) is 24.3 Å². The predicted octanol–water partition coefficient (Wildman–Crippen LogP) is 0.370. The second-order valence-corrected chi connectivity index (χ2v) is 5.82. The first-order valence-corrected chi connectivity index (χ1v) is 6.57. The van der Waals surface area contributed by atoms with Crippen LogP contribution in [0.3, 0.4) is 0 Å². The van der Waals surface area contributed by atoms with Gasteiger partial charge in [-0.15, -0.1) is 0 Å². The molecule has 0 fully saturated rings. The Morgan fingerprint density at radius 1 is 1.40 bits per heavy atom. The van der Waals surface area contributed by atoms with E-state index >= 15 is 0 Å². The van der Waals surface area contributed by atoms with Crippen LogP contribution in [0.15, 0.2) is 23.1 Å². The molecule has 0 saturated carbocycles. The summed E-state index contributed by atoms with van der Waals surface area (Å²) in [6.45, 7) is 0.563. The Bertz CT molecular complexity index is 468. The molecule has 0 saturated heterocycles. The van der Waals surface area contributed by atoms with Crippen LogP contribution in [-0.4, -0.2) is 14.2 Å². The van der Waals surface area contributed by atoms with E-state index in [-0.39, 0.29) is 5.75 Å². The minimum Gasteiger partial charge on any atom is -0.271 e. The zero-order valence-electron chi connectivity index (χ0n) is 8.36. The number of aryl methyl sites for hydroxylation is 1. The van der Waals surface area contributed by atoms with E-state index in [1.165, 1.54) is 0 Å². The van der Waals surface area contributed by atoms with Crippen molar-refractivity contribution in [3.8, 4) is 0 Å². The molecule has 0 radical (unpaired) electrons.